The molecule has 2 rings (SSSR count). The minimum atomic E-state index is 0.950. The molecule has 12 heavy (non-hydrogen) atoms. The van der Waals surface area contributed by atoms with Crippen molar-refractivity contribution in [2.75, 3.05) is 11.9 Å². The number of rotatable bonds is 5. The van der Waals surface area contributed by atoms with Gasteiger partial charge in [-0.1, -0.05) is 12.8 Å². The summed E-state index contributed by atoms with van der Waals surface area (Å²) in [7, 11) is 0. The smallest absolute Gasteiger partial charge is 0.202 e. The van der Waals surface area contributed by atoms with Crippen LogP contribution in [0.2, 0.25) is 0 Å². The molecule has 0 saturated heterocycles. The molecule has 1 heterocycles. The second-order valence-corrected chi connectivity index (χ2v) is 4.04. The SMILES string of the molecule is c1nsc(NCCCC2CC2)n1. The van der Waals surface area contributed by atoms with Crippen molar-refractivity contribution in [1.29, 1.82) is 0 Å². The molecule has 0 aliphatic heterocycles. The molecule has 1 aliphatic rings. The first kappa shape index (κ1) is 7.98. The van der Waals surface area contributed by atoms with Crippen molar-refractivity contribution < 1.29 is 0 Å². The summed E-state index contributed by atoms with van der Waals surface area (Å²) in [5.74, 6) is 1.04. The van der Waals surface area contributed by atoms with E-state index in [4.69, 9.17) is 0 Å². The Kier molecular flexibility index (Phi) is 2.56. The molecule has 1 aromatic rings. The van der Waals surface area contributed by atoms with Gasteiger partial charge in [0.2, 0.25) is 5.13 Å². The number of nitrogens with one attached hydrogen (secondary N) is 1. The molecule has 0 spiro atoms. The fraction of sp³-hybridized carbons (Fsp3) is 0.750. The van der Waals surface area contributed by atoms with Crippen LogP contribution in [0.25, 0.3) is 0 Å². The Morgan fingerprint density at radius 2 is 2.50 bits per heavy atom. The van der Waals surface area contributed by atoms with Crippen molar-refractivity contribution >= 4 is 16.7 Å². The standard InChI is InChI=1S/C8H13N3S/c1(2-7-3-4-7)5-9-8-10-6-11-12-8/h6-7H,1-5H2,(H,9,10,11). The third kappa shape index (κ3) is 2.44. The average Bonchev–Trinajstić information content (AvgIpc) is 2.76. The van der Waals surface area contributed by atoms with Gasteiger partial charge in [-0.05, 0) is 18.8 Å². The molecular formula is C8H13N3S. The highest BCUT2D eigenvalue weighted by Crippen LogP contribution is 2.33. The van der Waals surface area contributed by atoms with Crippen molar-refractivity contribution in [1.82, 2.24) is 9.36 Å². The number of hydrogen-bond acceptors (Lipinski definition) is 4. The minimum absolute atomic E-state index is 0.950. The van der Waals surface area contributed by atoms with E-state index in [-0.39, 0.29) is 0 Å². The van der Waals surface area contributed by atoms with Crippen LogP contribution in [0.15, 0.2) is 6.33 Å². The lowest BCUT2D eigenvalue weighted by Gasteiger charge is -1.99. The van der Waals surface area contributed by atoms with Gasteiger partial charge in [-0.25, -0.2) is 4.98 Å². The fourth-order valence-electron chi connectivity index (χ4n) is 1.24. The Morgan fingerprint density at radius 1 is 1.58 bits per heavy atom. The predicted octanol–water partition coefficient (Wildman–Crippen LogP) is 2.14. The molecule has 0 radical (unpaired) electrons. The van der Waals surface area contributed by atoms with Gasteiger partial charge in [0.05, 0.1) is 0 Å². The van der Waals surface area contributed by atoms with E-state index in [0.29, 0.717) is 0 Å². The molecule has 1 saturated carbocycles. The van der Waals surface area contributed by atoms with E-state index < -0.39 is 0 Å². The third-order valence-electron chi connectivity index (χ3n) is 2.12. The zero-order chi connectivity index (χ0) is 8.23. The zero-order valence-corrected chi connectivity index (χ0v) is 7.81. The van der Waals surface area contributed by atoms with E-state index in [1.807, 2.05) is 0 Å². The first-order valence-corrected chi connectivity index (χ1v) is 5.23. The molecule has 66 valence electrons. The van der Waals surface area contributed by atoms with Crippen LogP contribution in [0, 0.1) is 5.92 Å². The van der Waals surface area contributed by atoms with Crippen LogP contribution in [0.4, 0.5) is 5.13 Å². The van der Waals surface area contributed by atoms with Gasteiger partial charge in [-0.3, -0.25) is 0 Å². The van der Waals surface area contributed by atoms with E-state index in [1.165, 1.54) is 37.2 Å². The number of aromatic nitrogens is 2. The quantitative estimate of drug-likeness (QED) is 0.711. The van der Waals surface area contributed by atoms with Crippen molar-refractivity contribution in [3.05, 3.63) is 6.33 Å². The Hall–Kier alpha value is -0.640. The van der Waals surface area contributed by atoms with Gasteiger partial charge >= 0.3 is 0 Å². The lowest BCUT2D eigenvalue weighted by atomic mass is 10.2. The monoisotopic (exact) mass is 183 g/mol. The molecule has 0 amide bonds. The van der Waals surface area contributed by atoms with Gasteiger partial charge in [-0.15, -0.1) is 0 Å². The summed E-state index contributed by atoms with van der Waals surface area (Å²) >= 11 is 1.43. The summed E-state index contributed by atoms with van der Waals surface area (Å²) in [5, 5.41) is 4.20. The number of nitrogens with zero attached hydrogens (tertiary/aromatic N) is 2. The highest BCUT2D eigenvalue weighted by Gasteiger charge is 2.19. The lowest BCUT2D eigenvalue weighted by molar-refractivity contribution is 0.687. The molecular weight excluding hydrogens is 170 g/mol. The fourth-order valence-corrected chi connectivity index (χ4v) is 1.70. The van der Waals surface area contributed by atoms with Gasteiger partial charge in [0.15, 0.2) is 0 Å². The maximum absolute atomic E-state index is 4.04. The molecule has 1 aliphatic carbocycles. The molecule has 0 atom stereocenters. The maximum atomic E-state index is 4.04. The zero-order valence-electron chi connectivity index (χ0n) is 6.99. The third-order valence-corrected chi connectivity index (χ3v) is 2.75. The van der Waals surface area contributed by atoms with E-state index >= 15 is 0 Å². The van der Waals surface area contributed by atoms with Crippen LogP contribution in [0.5, 0.6) is 0 Å². The maximum Gasteiger partial charge on any atom is 0.202 e. The van der Waals surface area contributed by atoms with Crippen molar-refractivity contribution in [2.45, 2.75) is 25.7 Å². The highest BCUT2D eigenvalue weighted by atomic mass is 32.1. The molecule has 1 fully saturated rings. The Bertz CT molecular complexity index is 218. The van der Waals surface area contributed by atoms with Gasteiger partial charge in [0.25, 0.3) is 0 Å². The highest BCUT2D eigenvalue weighted by molar-refractivity contribution is 7.09. The van der Waals surface area contributed by atoms with Crippen LogP contribution in [0.3, 0.4) is 0 Å². The molecule has 3 nitrogen and oxygen atoms in total. The van der Waals surface area contributed by atoms with Crippen LogP contribution in [-0.2, 0) is 0 Å². The lowest BCUT2D eigenvalue weighted by Crippen LogP contribution is -2.00. The average molecular weight is 183 g/mol. The summed E-state index contributed by atoms with van der Waals surface area (Å²) in [5.41, 5.74) is 0. The molecule has 0 unspecified atom stereocenters. The van der Waals surface area contributed by atoms with E-state index in [9.17, 15) is 0 Å². The summed E-state index contributed by atoms with van der Waals surface area (Å²) in [6, 6.07) is 0. The van der Waals surface area contributed by atoms with Gasteiger partial charge in [-0.2, -0.15) is 4.37 Å². The van der Waals surface area contributed by atoms with Gasteiger partial charge in [0.1, 0.15) is 6.33 Å². The van der Waals surface area contributed by atoms with Crippen LogP contribution < -0.4 is 5.32 Å². The molecule has 0 bridgehead atoms. The number of hydrogen-bond donors (Lipinski definition) is 1. The van der Waals surface area contributed by atoms with Crippen molar-refractivity contribution in [3.63, 3.8) is 0 Å². The second-order valence-electron chi connectivity index (χ2n) is 3.26. The van der Waals surface area contributed by atoms with E-state index in [0.717, 1.165) is 17.6 Å². The summed E-state index contributed by atoms with van der Waals surface area (Å²) < 4.78 is 3.92. The van der Waals surface area contributed by atoms with Gasteiger partial charge in [0, 0.05) is 18.1 Å². The summed E-state index contributed by atoms with van der Waals surface area (Å²) in [6.45, 7) is 1.05. The second kappa shape index (κ2) is 3.85. The van der Waals surface area contributed by atoms with Crippen molar-refractivity contribution in [3.8, 4) is 0 Å². The summed E-state index contributed by atoms with van der Waals surface area (Å²) in [6.07, 6.45) is 7.15. The Morgan fingerprint density at radius 3 is 3.17 bits per heavy atom. The summed E-state index contributed by atoms with van der Waals surface area (Å²) in [4.78, 5) is 4.04. The predicted molar refractivity (Wildman–Crippen MR) is 50.4 cm³/mol. The van der Waals surface area contributed by atoms with E-state index in [2.05, 4.69) is 14.7 Å². The topological polar surface area (TPSA) is 37.8 Å². The molecule has 1 aromatic heterocycles. The molecule has 0 aromatic carbocycles. The minimum Gasteiger partial charge on any atom is -0.360 e. The molecule has 1 N–H and O–H groups in total. The Labute approximate surface area is 76.4 Å². The van der Waals surface area contributed by atoms with Crippen LogP contribution >= 0.6 is 11.5 Å². The largest absolute Gasteiger partial charge is 0.360 e. The Balaban J connectivity index is 1.56. The van der Waals surface area contributed by atoms with Crippen LogP contribution in [-0.4, -0.2) is 15.9 Å². The number of anilines is 1. The first-order valence-electron chi connectivity index (χ1n) is 4.46. The van der Waals surface area contributed by atoms with Crippen molar-refractivity contribution in [2.24, 2.45) is 5.92 Å². The first-order chi connectivity index (χ1) is 5.95. The normalized spacial score (nSPS) is 16.3. The molecule has 4 heteroatoms. The van der Waals surface area contributed by atoms with Gasteiger partial charge < -0.3 is 5.32 Å². The van der Waals surface area contributed by atoms with Crippen LogP contribution in [0.1, 0.15) is 25.7 Å². The van der Waals surface area contributed by atoms with E-state index in [1.54, 1.807) is 6.33 Å².